The molecule has 0 spiro atoms. The number of nitrogens with two attached hydrogens (primary N) is 1. The predicted octanol–water partition coefficient (Wildman–Crippen LogP) is 3.61. The first kappa shape index (κ1) is 23.7. The third kappa shape index (κ3) is 5.96. The molecule has 0 aliphatic rings. The van der Waals surface area contributed by atoms with Gasteiger partial charge in [0.05, 0.1) is 17.9 Å². The third-order valence-corrected chi connectivity index (χ3v) is 5.44. The summed E-state index contributed by atoms with van der Waals surface area (Å²) >= 11 is 1.77. The number of anilines is 1. The Morgan fingerprint density at radius 2 is 2.00 bits per heavy atom. The minimum Gasteiger partial charge on any atom is -0.382 e. The van der Waals surface area contributed by atoms with Crippen LogP contribution >= 0.6 is 35.3 Å². The van der Waals surface area contributed by atoms with Crippen LogP contribution in [0.4, 0.5) is 5.82 Å². The SMILES string of the molecule is CN=C(NCCCc1nn(-c2ccccc2)c(N)c1C#N)NCc1ccc(C)s1.I. The zero-order valence-corrected chi connectivity index (χ0v) is 20.2. The number of aryl methyl sites for hydroxylation is 2. The number of hydrogen-bond donors (Lipinski definition) is 3. The van der Waals surface area contributed by atoms with Crippen molar-refractivity contribution in [3.8, 4) is 11.8 Å². The van der Waals surface area contributed by atoms with Crippen molar-refractivity contribution in [3.63, 3.8) is 0 Å². The number of aromatic nitrogens is 2. The van der Waals surface area contributed by atoms with E-state index in [9.17, 15) is 5.26 Å². The lowest BCUT2D eigenvalue weighted by atomic mass is 10.1. The van der Waals surface area contributed by atoms with E-state index in [2.05, 4.69) is 45.9 Å². The molecule has 158 valence electrons. The molecular weight excluding hydrogens is 509 g/mol. The summed E-state index contributed by atoms with van der Waals surface area (Å²) in [7, 11) is 1.75. The summed E-state index contributed by atoms with van der Waals surface area (Å²) in [5.74, 6) is 1.14. The van der Waals surface area contributed by atoms with Crippen molar-refractivity contribution in [3.05, 3.63) is 63.5 Å². The van der Waals surface area contributed by atoms with Crippen molar-refractivity contribution >= 4 is 47.1 Å². The van der Waals surface area contributed by atoms with E-state index in [-0.39, 0.29) is 24.0 Å². The summed E-state index contributed by atoms with van der Waals surface area (Å²) in [4.78, 5) is 6.82. The van der Waals surface area contributed by atoms with Gasteiger partial charge in [-0.05, 0) is 44.0 Å². The molecule has 0 saturated heterocycles. The first-order chi connectivity index (χ1) is 14.1. The van der Waals surface area contributed by atoms with Crippen molar-refractivity contribution in [2.75, 3.05) is 19.3 Å². The second-order valence-corrected chi connectivity index (χ2v) is 7.91. The van der Waals surface area contributed by atoms with Crippen LogP contribution in [0.25, 0.3) is 5.69 Å². The number of thiophene rings is 1. The average molecular weight is 535 g/mol. The van der Waals surface area contributed by atoms with Crippen LogP contribution in [0, 0.1) is 18.3 Å². The molecule has 0 unspecified atom stereocenters. The maximum atomic E-state index is 9.50. The smallest absolute Gasteiger partial charge is 0.191 e. The van der Waals surface area contributed by atoms with E-state index in [1.54, 1.807) is 23.1 Å². The Bertz CT molecular complexity index is 1020. The molecule has 2 aromatic heterocycles. The number of halogens is 1. The Balaban J connectivity index is 0.00000320. The summed E-state index contributed by atoms with van der Waals surface area (Å²) in [6.07, 6.45) is 1.46. The van der Waals surface area contributed by atoms with E-state index in [1.807, 2.05) is 30.3 Å². The highest BCUT2D eigenvalue weighted by Crippen LogP contribution is 2.21. The van der Waals surface area contributed by atoms with Crippen molar-refractivity contribution < 1.29 is 0 Å². The highest BCUT2D eigenvalue weighted by Gasteiger charge is 2.16. The fourth-order valence-electron chi connectivity index (χ4n) is 2.98. The zero-order chi connectivity index (χ0) is 20.6. The normalized spacial score (nSPS) is 10.9. The van der Waals surface area contributed by atoms with Crippen molar-refractivity contribution in [1.82, 2.24) is 20.4 Å². The summed E-state index contributed by atoms with van der Waals surface area (Å²) < 4.78 is 1.63. The standard InChI is InChI=1S/C21H25N7S.HI/c1-15-10-11-17(29-15)14-26-21(24-2)25-12-6-9-19-18(13-22)20(23)28(27-19)16-7-4-3-5-8-16;/h3-5,7-8,10-11H,6,9,12,14,23H2,1-2H3,(H2,24,25,26);1H. The molecule has 3 rings (SSSR count). The number of nitrogens with one attached hydrogen (secondary N) is 2. The molecule has 0 atom stereocenters. The number of aliphatic imine (C=N–C) groups is 1. The van der Waals surface area contributed by atoms with E-state index in [1.165, 1.54) is 9.75 Å². The minimum atomic E-state index is 0. The van der Waals surface area contributed by atoms with Gasteiger partial charge in [0.2, 0.25) is 0 Å². The van der Waals surface area contributed by atoms with Gasteiger partial charge in [0, 0.05) is 23.3 Å². The van der Waals surface area contributed by atoms with Gasteiger partial charge in [-0.2, -0.15) is 10.4 Å². The fraction of sp³-hybridized carbons (Fsp3) is 0.286. The quantitative estimate of drug-likeness (QED) is 0.186. The maximum Gasteiger partial charge on any atom is 0.191 e. The number of nitrogens with zero attached hydrogens (tertiary/aromatic N) is 4. The van der Waals surface area contributed by atoms with E-state index in [0.29, 0.717) is 30.0 Å². The second-order valence-electron chi connectivity index (χ2n) is 6.53. The Kier molecular flexibility index (Phi) is 9.14. The van der Waals surface area contributed by atoms with Crippen molar-refractivity contribution in [1.29, 1.82) is 5.26 Å². The number of para-hydroxylation sites is 1. The highest BCUT2D eigenvalue weighted by atomic mass is 127. The molecule has 0 fully saturated rings. The molecule has 0 amide bonds. The lowest BCUT2D eigenvalue weighted by Crippen LogP contribution is -2.37. The number of nitrogen functional groups attached to an aromatic ring is 1. The highest BCUT2D eigenvalue weighted by molar-refractivity contribution is 14.0. The molecule has 1 aromatic carbocycles. The van der Waals surface area contributed by atoms with Gasteiger partial charge < -0.3 is 16.4 Å². The van der Waals surface area contributed by atoms with E-state index >= 15 is 0 Å². The predicted molar refractivity (Wildman–Crippen MR) is 134 cm³/mol. The minimum absolute atomic E-state index is 0. The largest absolute Gasteiger partial charge is 0.382 e. The lowest BCUT2D eigenvalue weighted by molar-refractivity contribution is 0.723. The number of benzene rings is 1. The molecule has 7 nitrogen and oxygen atoms in total. The second kappa shape index (κ2) is 11.6. The van der Waals surface area contributed by atoms with Gasteiger partial charge >= 0.3 is 0 Å². The zero-order valence-electron chi connectivity index (χ0n) is 17.1. The van der Waals surface area contributed by atoms with E-state index in [0.717, 1.165) is 24.6 Å². The molecule has 0 bridgehead atoms. The van der Waals surface area contributed by atoms with Crippen LogP contribution in [0.2, 0.25) is 0 Å². The summed E-state index contributed by atoms with van der Waals surface area (Å²) in [5.41, 5.74) is 8.16. The van der Waals surface area contributed by atoms with Gasteiger partial charge in [-0.1, -0.05) is 18.2 Å². The Labute approximate surface area is 198 Å². The molecule has 30 heavy (non-hydrogen) atoms. The van der Waals surface area contributed by atoms with Crippen molar-refractivity contribution in [2.24, 2.45) is 4.99 Å². The Hall–Kier alpha value is -2.58. The first-order valence-corrected chi connectivity index (χ1v) is 10.3. The number of guanidine groups is 1. The third-order valence-electron chi connectivity index (χ3n) is 4.44. The van der Waals surface area contributed by atoms with Gasteiger partial charge in [0.1, 0.15) is 17.5 Å². The van der Waals surface area contributed by atoms with E-state index < -0.39 is 0 Å². The fourth-order valence-corrected chi connectivity index (χ4v) is 3.81. The monoisotopic (exact) mass is 535 g/mol. The number of nitriles is 1. The molecule has 0 radical (unpaired) electrons. The van der Waals surface area contributed by atoms with Crippen LogP contribution < -0.4 is 16.4 Å². The van der Waals surface area contributed by atoms with Crippen LogP contribution in [0.3, 0.4) is 0 Å². The van der Waals surface area contributed by atoms with Gasteiger partial charge in [-0.3, -0.25) is 4.99 Å². The number of rotatable bonds is 7. The summed E-state index contributed by atoms with van der Waals surface area (Å²) in [6, 6.07) is 16.0. The van der Waals surface area contributed by atoms with Crippen LogP contribution in [-0.2, 0) is 13.0 Å². The molecule has 3 aromatic rings. The van der Waals surface area contributed by atoms with Crippen LogP contribution in [-0.4, -0.2) is 29.3 Å². The first-order valence-electron chi connectivity index (χ1n) is 9.45. The molecule has 2 heterocycles. The Morgan fingerprint density at radius 3 is 2.63 bits per heavy atom. The van der Waals surface area contributed by atoms with Crippen LogP contribution in [0.1, 0.15) is 27.4 Å². The van der Waals surface area contributed by atoms with Gasteiger partial charge in [0.15, 0.2) is 5.96 Å². The van der Waals surface area contributed by atoms with Crippen LogP contribution in [0.5, 0.6) is 0 Å². The lowest BCUT2D eigenvalue weighted by Gasteiger charge is -2.10. The summed E-state index contributed by atoms with van der Waals surface area (Å²) in [6.45, 7) is 3.56. The van der Waals surface area contributed by atoms with Crippen LogP contribution in [0.15, 0.2) is 47.5 Å². The van der Waals surface area contributed by atoms with Gasteiger partial charge in [-0.25, -0.2) is 4.68 Å². The molecule has 9 heteroatoms. The van der Waals surface area contributed by atoms with Gasteiger partial charge in [-0.15, -0.1) is 35.3 Å². The van der Waals surface area contributed by atoms with Crippen molar-refractivity contribution in [2.45, 2.75) is 26.3 Å². The molecular formula is C21H26IN7S. The maximum absolute atomic E-state index is 9.50. The molecule has 0 aliphatic heterocycles. The molecule has 0 aliphatic carbocycles. The topological polar surface area (TPSA) is 104 Å². The summed E-state index contributed by atoms with van der Waals surface area (Å²) in [5, 5.41) is 20.7. The number of hydrogen-bond acceptors (Lipinski definition) is 5. The Morgan fingerprint density at radius 1 is 1.23 bits per heavy atom. The van der Waals surface area contributed by atoms with Gasteiger partial charge in [0.25, 0.3) is 0 Å². The molecule has 4 N–H and O–H groups in total. The average Bonchev–Trinajstić information content (AvgIpc) is 3.30. The van der Waals surface area contributed by atoms with E-state index in [4.69, 9.17) is 5.73 Å². The molecule has 0 saturated carbocycles.